The number of carbonyl (C=O) groups excluding carboxylic acids is 1. The van der Waals surface area contributed by atoms with Crippen LogP contribution in [0, 0.1) is 0 Å². The molecular weight excluding hydrogens is 352 g/mol. The molecule has 5 heteroatoms. The summed E-state index contributed by atoms with van der Waals surface area (Å²) in [5, 5.41) is 0. The van der Waals surface area contributed by atoms with Crippen molar-refractivity contribution >= 4 is 17.7 Å². The molecule has 0 spiro atoms. The predicted molar refractivity (Wildman–Crippen MR) is 113 cm³/mol. The molecule has 5 nitrogen and oxygen atoms in total. The smallest absolute Gasteiger partial charge is 0.246 e. The van der Waals surface area contributed by atoms with Crippen LogP contribution in [0.15, 0.2) is 67.3 Å². The molecule has 0 unspecified atom stereocenters. The highest BCUT2D eigenvalue weighted by atomic mass is 16.5. The summed E-state index contributed by atoms with van der Waals surface area (Å²) in [5.41, 5.74) is 2.09. The first-order chi connectivity index (χ1) is 13.7. The highest BCUT2D eigenvalue weighted by Gasteiger charge is 2.19. The van der Waals surface area contributed by atoms with Gasteiger partial charge in [0.1, 0.15) is 6.61 Å². The fourth-order valence-electron chi connectivity index (χ4n) is 3.15. The van der Waals surface area contributed by atoms with Crippen molar-refractivity contribution in [2.45, 2.75) is 0 Å². The second-order valence-corrected chi connectivity index (χ2v) is 6.49. The Bertz CT molecular complexity index is 825. The summed E-state index contributed by atoms with van der Waals surface area (Å²) in [6.45, 7) is 7.17. The van der Waals surface area contributed by atoms with Gasteiger partial charge in [-0.3, -0.25) is 4.79 Å². The van der Waals surface area contributed by atoms with Crippen LogP contribution in [0.3, 0.4) is 0 Å². The first-order valence-electron chi connectivity index (χ1n) is 9.40. The molecule has 1 aliphatic heterocycles. The molecule has 0 bridgehead atoms. The maximum atomic E-state index is 12.5. The fourth-order valence-corrected chi connectivity index (χ4v) is 3.15. The molecule has 3 rings (SSSR count). The van der Waals surface area contributed by atoms with Crippen LogP contribution in [0.2, 0.25) is 0 Å². The third kappa shape index (κ3) is 4.94. The van der Waals surface area contributed by atoms with Crippen molar-refractivity contribution in [3.63, 3.8) is 0 Å². The van der Waals surface area contributed by atoms with E-state index in [2.05, 4.69) is 23.6 Å². The Hall–Kier alpha value is -3.21. The van der Waals surface area contributed by atoms with E-state index in [0.29, 0.717) is 18.1 Å². The van der Waals surface area contributed by atoms with E-state index in [0.717, 1.165) is 31.7 Å². The Labute approximate surface area is 166 Å². The molecule has 28 heavy (non-hydrogen) atoms. The Morgan fingerprint density at radius 1 is 1.07 bits per heavy atom. The highest BCUT2D eigenvalue weighted by Crippen LogP contribution is 2.28. The van der Waals surface area contributed by atoms with Gasteiger partial charge in [0.2, 0.25) is 5.91 Å². The van der Waals surface area contributed by atoms with Crippen molar-refractivity contribution in [2.75, 3.05) is 44.8 Å². The molecule has 1 fully saturated rings. The molecule has 1 heterocycles. The van der Waals surface area contributed by atoms with Gasteiger partial charge in [-0.1, -0.05) is 36.9 Å². The van der Waals surface area contributed by atoms with E-state index >= 15 is 0 Å². The highest BCUT2D eigenvalue weighted by molar-refractivity contribution is 5.92. The lowest BCUT2D eigenvalue weighted by atomic mass is 10.1. The Morgan fingerprint density at radius 2 is 1.82 bits per heavy atom. The Balaban J connectivity index is 1.57. The van der Waals surface area contributed by atoms with Crippen molar-refractivity contribution < 1.29 is 14.3 Å². The van der Waals surface area contributed by atoms with Crippen LogP contribution in [0.4, 0.5) is 5.69 Å². The van der Waals surface area contributed by atoms with Gasteiger partial charge >= 0.3 is 0 Å². The maximum Gasteiger partial charge on any atom is 0.246 e. The van der Waals surface area contributed by atoms with Gasteiger partial charge in [0.15, 0.2) is 11.5 Å². The number of ether oxygens (including phenoxy) is 2. The molecule has 1 saturated heterocycles. The summed E-state index contributed by atoms with van der Waals surface area (Å²) in [6, 6.07) is 15.9. The van der Waals surface area contributed by atoms with Crippen molar-refractivity contribution in [3.8, 4) is 11.5 Å². The van der Waals surface area contributed by atoms with E-state index in [1.807, 2.05) is 47.4 Å². The topological polar surface area (TPSA) is 42.0 Å². The van der Waals surface area contributed by atoms with Gasteiger partial charge in [0.05, 0.1) is 7.11 Å². The third-order valence-electron chi connectivity index (χ3n) is 4.68. The molecule has 1 aliphatic rings. The maximum absolute atomic E-state index is 12.5. The summed E-state index contributed by atoms with van der Waals surface area (Å²) < 4.78 is 10.9. The van der Waals surface area contributed by atoms with Crippen molar-refractivity contribution in [2.24, 2.45) is 0 Å². The zero-order valence-corrected chi connectivity index (χ0v) is 16.2. The average Bonchev–Trinajstić information content (AvgIpc) is 2.77. The van der Waals surface area contributed by atoms with Crippen molar-refractivity contribution in [1.29, 1.82) is 0 Å². The minimum absolute atomic E-state index is 0.0265. The lowest BCUT2D eigenvalue weighted by molar-refractivity contribution is -0.126. The summed E-state index contributed by atoms with van der Waals surface area (Å²) in [6.07, 6.45) is 5.12. The van der Waals surface area contributed by atoms with Crippen LogP contribution in [0.25, 0.3) is 6.08 Å². The molecule has 1 amide bonds. The van der Waals surface area contributed by atoms with Gasteiger partial charge in [-0.05, 0) is 35.9 Å². The second kappa shape index (κ2) is 9.65. The normalized spacial score (nSPS) is 14.2. The number of carbonyl (C=O) groups is 1. The Kier molecular flexibility index (Phi) is 6.73. The number of amides is 1. The number of nitrogens with zero attached hydrogens (tertiary/aromatic N) is 2. The Morgan fingerprint density at radius 3 is 2.50 bits per heavy atom. The summed E-state index contributed by atoms with van der Waals surface area (Å²) in [4.78, 5) is 16.7. The molecule has 0 atom stereocenters. The van der Waals surface area contributed by atoms with Crippen LogP contribution in [0.1, 0.15) is 5.56 Å². The van der Waals surface area contributed by atoms with Gasteiger partial charge in [-0.2, -0.15) is 0 Å². The van der Waals surface area contributed by atoms with Crippen LogP contribution in [0.5, 0.6) is 11.5 Å². The van der Waals surface area contributed by atoms with Gasteiger partial charge < -0.3 is 19.3 Å². The second-order valence-electron chi connectivity index (χ2n) is 6.49. The van der Waals surface area contributed by atoms with E-state index in [1.165, 1.54) is 5.69 Å². The number of hydrogen-bond acceptors (Lipinski definition) is 4. The quantitative estimate of drug-likeness (QED) is 0.545. The zero-order chi connectivity index (χ0) is 19.8. The van der Waals surface area contributed by atoms with Crippen molar-refractivity contribution in [1.82, 2.24) is 4.90 Å². The number of anilines is 1. The van der Waals surface area contributed by atoms with Crippen LogP contribution in [-0.2, 0) is 4.79 Å². The molecule has 0 N–H and O–H groups in total. The predicted octanol–water partition coefficient (Wildman–Crippen LogP) is 3.62. The summed E-state index contributed by atoms with van der Waals surface area (Å²) >= 11 is 0. The number of benzene rings is 2. The number of para-hydroxylation sites is 1. The first-order valence-corrected chi connectivity index (χ1v) is 9.40. The van der Waals surface area contributed by atoms with Crippen LogP contribution < -0.4 is 14.4 Å². The fraction of sp³-hybridized carbons (Fsp3) is 0.261. The molecule has 2 aromatic carbocycles. The van der Waals surface area contributed by atoms with Crippen LogP contribution in [-0.4, -0.2) is 50.7 Å². The number of methoxy groups -OCH3 is 1. The molecule has 0 radical (unpaired) electrons. The third-order valence-corrected chi connectivity index (χ3v) is 4.68. The van der Waals surface area contributed by atoms with E-state index in [1.54, 1.807) is 19.3 Å². The number of piperazine rings is 1. The molecule has 0 aliphatic carbocycles. The van der Waals surface area contributed by atoms with E-state index < -0.39 is 0 Å². The van der Waals surface area contributed by atoms with Gasteiger partial charge in [0, 0.05) is 37.9 Å². The largest absolute Gasteiger partial charge is 0.493 e. The number of rotatable bonds is 7. The van der Waals surface area contributed by atoms with Gasteiger partial charge in [0.25, 0.3) is 0 Å². The summed E-state index contributed by atoms with van der Waals surface area (Å²) in [7, 11) is 1.60. The molecule has 0 saturated carbocycles. The van der Waals surface area contributed by atoms with Crippen molar-refractivity contribution in [3.05, 3.63) is 72.8 Å². The lowest BCUT2D eigenvalue weighted by Crippen LogP contribution is -2.48. The standard InChI is InChI=1S/C23H26N2O3/c1-3-17-28-21-11-9-19(18-22(21)27-2)10-12-23(26)25-15-13-24(14-16-25)20-7-5-4-6-8-20/h3-12,18H,1,13-17H2,2H3/b12-10+. The van der Waals surface area contributed by atoms with E-state index in [-0.39, 0.29) is 5.91 Å². The minimum Gasteiger partial charge on any atom is -0.493 e. The number of hydrogen-bond donors (Lipinski definition) is 0. The van der Waals surface area contributed by atoms with E-state index in [9.17, 15) is 4.79 Å². The van der Waals surface area contributed by atoms with Gasteiger partial charge in [-0.25, -0.2) is 0 Å². The monoisotopic (exact) mass is 378 g/mol. The molecular formula is C23H26N2O3. The zero-order valence-electron chi connectivity index (χ0n) is 16.2. The molecule has 2 aromatic rings. The minimum atomic E-state index is 0.0265. The summed E-state index contributed by atoms with van der Waals surface area (Å²) in [5.74, 6) is 1.31. The SMILES string of the molecule is C=CCOc1ccc(/C=C/C(=O)N2CCN(c3ccccc3)CC2)cc1OC. The average molecular weight is 378 g/mol. The lowest BCUT2D eigenvalue weighted by Gasteiger charge is -2.35. The van der Waals surface area contributed by atoms with Gasteiger partial charge in [-0.15, -0.1) is 0 Å². The van der Waals surface area contributed by atoms with E-state index in [4.69, 9.17) is 9.47 Å². The molecule has 146 valence electrons. The first kappa shape index (κ1) is 19.5. The van der Waals surface area contributed by atoms with Crippen LogP contribution >= 0.6 is 0 Å². The molecule has 0 aromatic heterocycles.